The highest BCUT2D eigenvalue weighted by Gasteiger charge is 2.28. The van der Waals surface area contributed by atoms with Crippen molar-refractivity contribution in [3.63, 3.8) is 0 Å². The van der Waals surface area contributed by atoms with E-state index >= 15 is 0 Å². The van der Waals surface area contributed by atoms with Crippen molar-refractivity contribution in [1.82, 2.24) is 5.32 Å². The first-order valence-corrected chi connectivity index (χ1v) is 30.4. The van der Waals surface area contributed by atoms with Gasteiger partial charge in [0.05, 0.1) is 18.8 Å². The number of amides is 1. The molecule has 6 heteroatoms. The van der Waals surface area contributed by atoms with Crippen LogP contribution in [0.25, 0.3) is 0 Å². The van der Waals surface area contributed by atoms with Crippen molar-refractivity contribution in [3.05, 3.63) is 36.5 Å². The Hall–Kier alpha value is -1.47. The minimum atomic E-state index is -1.28. The molecule has 6 nitrogen and oxygen atoms in total. The smallest absolute Gasteiger partial charge is 0.249 e. The Balaban J connectivity index is 3.61. The molecular formula is C62H119NO5. The summed E-state index contributed by atoms with van der Waals surface area (Å²) in [5, 5.41) is 44.0. The van der Waals surface area contributed by atoms with Gasteiger partial charge in [-0.2, -0.15) is 0 Å². The van der Waals surface area contributed by atoms with E-state index in [-0.39, 0.29) is 0 Å². The lowest BCUT2D eigenvalue weighted by Gasteiger charge is -2.27. The fourth-order valence-corrected chi connectivity index (χ4v) is 9.56. The van der Waals surface area contributed by atoms with Gasteiger partial charge in [-0.3, -0.25) is 4.79 Å². The molecule has 4 unspecified atom stereocenters. The van der Waals surface area contributed by atoms with E-state index in [9.17, 15) is 25.2 Å². The van der Waals surface area contributed by atoms with Gasteiger partial charge in [0.25, 0.3) is 0 Å². The highest BCUT2D eigenvalue weighted by Crippen LogP contribution is 2.18. The van der Waals surface area contributed by atoms with Crippen LogP contribution in [-0.2, 0) is 4.79 Å². The van der Waals surface area contributed by atoms with E-state index in [0.717, 1.165) is 44.9 Å². The van der Waals surface area contributed by atoms with E-state index < -0.39 is 36.9 Å². The molecule has 5 N–H and O–H groups in total. The summed E-state index contributed by atoms with van der Waals surface area (Å²) in [7, 11) is 0. The van der Waals surface area contributed by atoms with E-state index in [1.54, 1.807) is 0 Å². The fourth-order valence-electron chi connectivity index (χ4n) is 9.56. The van der Waals surface area contributed by atoms with E-state index in [2.05, 4.69) is 55.6 Å². The molecule has 0 aromatic heterocycles. The Morgan fingerprint density at radius 2 is 0.647 bits per heavy atom. The summed E-state index contributed by atoms with van der Waals surface area (Å²) in [5.41, 5.74) is 0. The highest BCUT2D eigenvalue weighted by molar-refractivity contribution is 5.80. The summed E-state index contributed by atoms with van der Waals surface area (Å²) in [6.07, 6.45) is 70.9. The van der Waals surface area contributed by atoms with Crippen LogP contribution in [0.2, 0.25) is 0 Å². The maximum atomic E-state index is 12.6. The normalized spacial score (nSPS) is 13.9. The number of aliphatic hydroxyl groups is 4. The minimum absolute atomic E-state index is 0.364. The van der Waals surface area contributed by atoms with E-state index in [0.29, 0.717) is 12.8 Å². The van der Waals surface area contributed by atoms with Gasteiger partial charge in [-0.1, -0.05) is 288 Å². The molecular weight excluding hydrogens is 839 g/mol. The lowest BCUT2D eigenvalue weighted by atomic mass is 10.00. The molecule has 0 aliphatic heterocycles. The molecule has 0 saturated carbocycles. The van der Waals surface area contributed by atoms with Crippen LogP contribution in [0.15, 0.2) is 36.5 Å². The maximum absolute atomic E-state index is 12.6. The van der Waals surface area contributed by atoms with Crippen molar-refractivity contribution in [3.8, 4) is 0 Å². The summed E-state index contributed by atoms with van der Waals surface area (Å²) in [5.74, 6) is -0.589. The summed E-state index contributed by atoms with van der Waals surface area (Å²) in [6.45, 7) is 4.08. The van der Waals surface area contributed by atoms with Crippen LogP contribution in [0.4, 0.5) is 0 Å². The van der Waals surface area contributed by atoms with Gasteiger partial charge < -0.3 is 25.7 Å². The molecule has 0 aliphatic rings. The molecule has 0 radical (unpaired) electrons. The molecule has 402 valence electrons. The number of rotatable bonds is 56. The molecule has 0 spiro atoms. The van der Waals surface area contributed by atoms with Gasteiger partial charge in [-0.05, 0) is 70.6 Å². The predicted molar refractivity (Wildman–Crippen MR) is 297 cm³/mol. The standard InChI is InChI=1S/C62H119NO5/c1-3-5-7-9-11-13-15-17-19-21-23-25-26-27-28-29-30-31-32-33-34-35-36-38-40-42-44-46-48-50-52-54-56-60(66)62(68)63-58(57-64)61(67)59(65)55-53-51-49-47-45-43-41-39-37-24-22-20-18-16-14-12-10-8-6-4-2/h23,25,27-28,47,49,58-61,64-67H,3-22,24,26,29-46,48,50-57H2,1-2H3,(H,63,68)/b25-23-,28-27-,49-47+. The van der Waals surface area contributed by atoms with Crippen molar-refractivity contribution in [2.45, 2.75) is 346 Å². The molecule has 0 rings (SSSR count). The van der Waals surface area contributed by atoms with Crippen molar-refractivity contribution < 1.29 is 25.2 Å². The van der Waals surface area contributed by atoms with Crippen LogP contribution < -0.4 is 5.32 Å². The van der Waals surface area contributed by atoms with Gasteiger partial charge in [0.1, 0.15) is 12.2 Å². The first-order chi connectivity index (χ1) is 33.5. The maximum Gasteiger partial charge on any atom is 0.249 e. The van der Waals surface area contributed by atoms with E-state index in [4.69, 9.17) is 0 Å². The summed E-state index contributed by atoms with van der Waals surface area (Å²) >= 11 is 0. The van der Waals surface area contributed by atoms with Gasteiger partial charge in [-0.25, -0.2) is 0 Å². The SMILES string of the molecule is CCCCCCCCCCC/C=C\C/C=C\CCCCCCCCCCCCCCCCCCC(O)C(=O)NC(CO)C(O)C(O)CCC/C=C/CCCCCCCCCCCCCCCCC. The number of allylic oxidation sites excluding steroid dienone is 6. The summed E-state index contributed by atoms with van der Waals surface area (Å²) in [6, 6.07) is -1.00. The zero-order chi connectivity index (χ0) is 49.5. The van der Waals surface area contributed by atoms with Crippen LogP contribution in [0.5, 0.6) is 0 Å². The molecule has 0 heterocycles. The Kier molecular flexibility index (Phi) is 55.2. The first kappa shape index (κ1) is 66.5. The van der Waals surface area contributed by atoms with Crippen molar-refractivity contribution in [2.24, 2.45) is 0 Å². The Morgan fingerprint density at radius 1 is 0.368 bits per heavy atom. The van der Waals surface area contributed by atoms with Crippen LogP contribution in [-0.4, -0.2) is 57.3 Å². The molecule has 0 aromatic carbocycles. The molecule has 0 fully saturated rings. The second kappa shape index (κ2) is 56.4. The van der Waals surface area contributed by atoms with Crippen LogP contribution in [0.3, 0.4) is 0 Å². The van der Waals surface area contributed by atoms with E-state index in [1.807, 2.05) is 0 Å². The van der Waals surface area contributed by atoms with Gasteiger partial charge in [0.2, 0.25) is 5.91 Å². The average molecular weight is 959 g/mol. The summed E-state index contributed by atoms with van der Waals surface area (Å²) in [4.78, 5) is 12.6. The quantitative estimate of drug-likeness (QED) is 0.0308. The highest BCUT2D eigenvalue weighted by atomic mass is 16.3. The monoisotopic (exact) mass is 958 g/mol. The predicted octanol–water partition coefficient (Wildman–Crippen LogP) is 18.0. The molecule has 4 atom stereocenters. The minimum Gasteiger partial charge on any atom is -0.394 e. The summed E-state index contributed by atoms with van der Waals surface area (Å²) < 4.78 is 0. The molecule has 0 saturated heterocycles. The molecule has 68 heavy (non-hydrogen) atoms. The lowest BCUT2D eigenvalue weighted by molar-refractivity contribution is -0.132. The number of carbonyl (C=O) groups excluding carboxylic acids is 1. The zero-order valence-electron chi connectivity index (χ0n) is 45.6. The van der Waals surface area contributed by atoms with Crippen LogP contribution in [0, 0.1) is 0 Å². The second-order valence-electron chi connectivity index (χ2n) is 21.0. The van der Waals surface area contributed by atoms with Gasteiger partial charge in [0.15, 0.2) is 0 Å². The van der Waals surface area contributed by atoms with Crippen molar-refractivity contribution in [2.75, 3.05) is 6.61 Å². The Labute approximate surface area is 424 Å². The van der Waals surface area contributed by atoms with Crippen molar-refractivity contribution in [1.29, 1.82) is 0 Å². The third-order valence-corrected chi connectivity index (χ3v) is 14.3. The van der Waals surface area contributed by atoms with Gasteiger partial charge in [0, 0.05) is 0 Å². The van der Waals surface area contributed by atoms with Crippen molar-refractivity contribution >= 4 is 5.91 Å². The van der Waals surface area contributed by atoms with E-state index in [1.165, 1.54) is 250 Å². The Morgan fingerprint density at radius 3 is 0.971 bits per heavy atom. The number of unbranched alkanes of at least 4 members (excludes halogenated alkanes) is 41. The third kappa shape index (κ3) is 49.5. The van der Waals surface area contributed by atoms with Crippen LogP contribution >= 0.6 is 0 Å². The zero-order valence-corrected chi connectivity index (χ0v) is 45.6. The number of aliphatic hydroxyl groups excluding tert-OH is 4. The first-order valence-electron chi connectivity index (χ1n) is 30.4. The topological polar surface area (TPSA) is 110 Å². The number of carbonyl (C=O) groups is 1. The Bertz CT molecular complexity index is 1080. The fraction of sp³-hybridized carbons (Fsp3) is 0.887. The average Bonchev–Trinajstić information content (AvgIpc) is 3.34. The third-order valence-electron chi connectivity index (χ3n) is 14.3. The molecule has 1 amide bonds. The molecule has 0 aliphatic carbocycles. The van der Waals surface area contributed by atoms with Gasteiger partial charge >= 0.3 is 0 Å². The second-order valence-corrected chi connectivity index (χ2v) is 21.0. The van der Waals surface area contributed by atoms with Gasteiger partial charge in [-0.15, -0.1) is 0 Å². The lowest BCUT2D eigenvalue weighted by Crippen LogP contribution is -2.53. The number of nitrogens with one attached hydrogen (secondary N) is 1. The largest absolute Gasteiger partial charge is 0.394 e. The number of hydrogen-bond donors (Lipinski definition) is 5. The number of hydrogen-bond acceptors (Lipinski definition) is 5. The van der Waals surface area contributed by atoms with Crippen LogP contribution in [0.1, 0.15) is 322 Å². The molecule has 0 bridgehead atoms. The molecule has 0 aromatic rings.